The Labute approximate surface area is 105 Å². The first-order valence-electron chi connectivity index (χ1n) is 5.69. The molecule has 1 N–H and O–H groups in total. The predicted molar refractivity (Wildman–Crippen MR) is 68.5 cm³/mol. The molecule has 0 unspecified atom stereocenters. The molecule has 0 saturated heterocycles. The third kappa shape index (κ3) is 1.62. The number of benzene rings is 1. The molecule has 2 aromatic rings. The van der Waals surface area contributed by atoms with Gasteiger partial charge in [0, 0.05) is 24.5 Å². The average molecular weight is 240 g/mol. The van der Waals surface area contributed by atoms with Gasteiger partial charge in [-0.05, 0) is 29.3 Å². The van der Waals surface area contributed by atoms with Crippen LogP contribution < -0.4 is 4.90 Å². The number of anilines is 1. The van der Waals surface area contributed by atoms with Crippen molar-refractivity contribution >= 4 is 11.6 Å². The summed E-state index contributed by atoms with van der Waals surface area (Å²) in [6, 6.07) is 7.51. The lowest BCUT2D eigenvalue weighted by atomic mass is 10.0. The molecule has 0 spiro atoms. The fraction of sp³-hybridized carbons (Fsp3) is 0.143. The fourth-order valence-electron chi connectivity index (χ4n) is 2.24. The van der Waals surface area contributed by atoms with Crippen molar-refractivity contribution in [2.45, 2.75) is 6.42 Å². The predicted octanol–water partition coefficient (Wildman–Crippen LogP) is 1.97. The Morgan fingerprint density at radius 1 is 1.22 bits per heavy atom. The minimum atomic E-state index is 0.108. The highest BCUT2D eigenvalue weighted by molar-refractivity contribution is 6.01. The minimum Gasteiger partial charge on any atom is -0.506 e. The molecule has 4 heteroatoms. The Hall–Kier alpha value is -2.36. The van der Waals surface area contributed by atoms with Gasteiger partial charge in [-0.1, -0.05) is 6.07 Å². The lowest BCUT2D eigenvalue weighted by Gasteiger charge is -2.10. The van der Waals surface area contributed by atoms with Crippen LogP contribution in [0.25, 0.3) is 11.1 Å². The van der Waals surface area contributed by atoms with Crippen molar-refractivity contribution in [2.75, 3.05) is 11.9 Å². The zero-order valence-corrected chi connectivity index (χ0v) is 9.92. The van der Waals surface area contributed by atoms with Crippen LogP contribution in [-0.4, -0.2) is 23.0 Å². The van der Waals surface area contributed by atoms with Crippen molar-refractivity contribution in [2.24, 2.45) is 0 Å². The Morgan fingerprint density at radius 2 is 2.06 bits per heavy atom. The van der Waals surface area contributed by atoms with Gasteiger partial charge in [0.05, 0.1) is 12.6 Å². The molecule has 0 aliphatic carbocycles. The number of fused-ring (bicyclic) bond motifs is 1. The van der Waals surface area contributed by atoms with Crippen LogP contribution in [0.2, 0.25) is 0 Å². The molecule has 0 fully saturated rings. The minimum absolute atomic E-state index is 0.108. The Morgan fingerprint density at radius 3 is 2.83 bits per heavy atom. The quantitative estimate of drug-likeness (QED) is 0.829. The van der Waals surface area contributed by atoms with Crippen LogP contribution in [0.3, 0.4) is 0 Å². The van der Waals surface area contributed by atoms with Crippen molar-refractivity contribution in [3.05, 3.63) is 42.2 Å². The maximum Gasteiger partial charge on any atom is 0.231 e. The van der Waals surface area contributed by atoms with Crippen molar-refractivity contribution in [3.8, 4) is 16.9 Å². The number of aromatic hydroxyl groups is 1. The maximum atomic E-state index is 11.6. The number of carbonyl (C=O) groups is 1. The molecule has 1 aliphatic rings. The molecule has 1 aliphatic heterocycles. The SMILES string of the molecule is CN1C(=O)Cc2cc(-c3cncc(O)c3)ccc21. The second kappa shape index (κ2) is 3.84. The van der Waals surface area contributed by atoms with E-state index in [1.54, 1.807) is 24.2 Å². The lowest BCUT2D eigenvalue weighted by molar-refractivity contribution is -0.117. The summed E-state index contributed by atoms with van der Waals surface area (Å²) in [6.45, 7) is 0. The highest BCUT2D eigenvalue weighted by Crippen LogP contribution is 2.32. The van der Waals surface area contributed by atoms with E-state index < -0.39 is 0 Å². The number of hydrogen-bond donors (Lipinski definition) is 1. The first kappa shape index (κ1) is 10.8. The summed E-state index contributed by atoms with van der Waals surface area (Å²) in [5.74, 6) is 0.248. The molecule has 1 aromatic carbocycles. The molecule has 1 aromatic heterocycles. The molecule has 0 radical (unpaired) electrons. The van der Waals surface area contributed by atoms with Crippen molar-refractivity contribution < 1.29 is 9.90 Å². The molecule has 3 rings (SSSR count). The van der Waals surface area contributed by atoms with E-state index in [1.165, 1.54) is 6.20 Å². The van der Waals surface area contributed by atoms with Crippen LogP contribution in [0.1, 0.15) is 5.56 Å². The summed E-state index contributed by atoms with van der Waals surface area (Å²) in [5, 5.41) is 9.43. The average Bonchev–Trinajstić information content (AvgIpc) is 2.65. The third-order valence-corrected chi connectivity index (χ3v) is 3.21. The summed E-state index contributed by atoms with van der Waals surface area (Å²) in [7, 11) is 1.78. The molecule has 2 heterocycles. The number of carbonyl (C=O) groups excluding carboxylic acids is 1. The molecule has 90 valence electrons. The highest BCUT2D eigenvalue weighted by atomic mass is 16.3. The molecule has 0 atom stereocenters. The van der Waals surface area contributed by atoms with Gasteiger partial charge in [0.2, 0.25) is 5.91 Å². The molecule has 0 bridgehead atoms. The molecule has 4 nitrogen and oxygen atoms in total. The number of pyridine rings is 1. The zero-order chi connectivity index (χ0) is 12.7. The second-order valence-electron chi connectivity index (χ2n) is 4.40. The van der Waals surface area contributed by atoms with Gasteiger partial charge in [0.15, 0.2) is 0 Å². The topological polar surface area (TPSA) is 53.4 Å². The van der Waals surface area contributed by atoms with Crippen LogP contribution in [0.5, 0.6) is 5.75 Å². The van der Waals surface area contributed by atoms with E-state index in [0.29, 0.717) is 6.42 Å². The number of nitrogens with zero attached hydrogens (tertiary/aromatic N) is 2. The van der Waals surface area contributed by atoms with Crippen LogP contribution >= 0.6 is 0 Å². The van der Waals surface area contributed by atoms with Crippen molar-refractivity contribution in [1.82, 2.24) is 4.98 Å². The van der Waals surface area contributed by atoms with E-state index in [1.807, 2.05) is 18.2 Å². The van der Waals surface area contributed by atoms with Gasteiger partial charge < -0.3 is 10.0 Å². The normalized spacial score (nSPS) is 13.8. The number of amides is 1. The van der Waals surface area contributed by atoms with Crippen LogP contribution in [0.15, 0.2) is 36.7 Å². The highest BCUT2D eigenvalue weighted by Gasteiger charge is 2.23. The molecule has 1 amide bonds. The van der Waals surface area contributed by atoms with Crippen LogP contribution in [0.4, 0.5) is 5.69 Å². The smallest absolute Gasteiger partial charge is 0.231 e. The monoisotopic (exact) mass is 240 g/mol. The summed E-state index contributed by atoms with van der Waals surface area (Å²) in [6.07, 6.45) is 3.53. The Balaban J connectivity index is 2.07. The number of aromatic nitrogens is 1. The van der Waals surface area contributed by atoms with Crippen LogP contribution in [-0.2, 0) is 11.2 Å². The summed E-state index contributed by atoms with van der Waals surface area (Å²) < 4.78 is 0. The van der Waals surface area contributed by atoms with Crippen molar-refractivity contribution in [1.29, 1.82) is 0 Å². The number of hydrogen-bond acceptors (Lipinski definition) is 3. The van der Waals surface area contributed by atoms with E-state index in [9.17, 15) is 9.90 Å². The van der Waals surface area contributed by atoms with E-state index in [4.69, 9.17) is 0 Å². The zero-order valence-electron chi connectivity index (χ0n) is 9.92. The maximum absolute atomic E-state index is 11.6. The number of rotatable bonds is 1. The van der Waals surface area contributed by atoms with Gasteiger partial charge in [-0.15, -0.1) is 0 Å². The molecule has 18 heavy (non-hydrogen) atoms. The number of likely N-dealkylation sites (N-methyl/N-ethyl adjacent to an activating group) is 1. The van der Waals surface area contributed by atoms with Crippen LogP contribution in [0, 0.1) is 0 Å². The van der Waals surface area contributed by atoms with Gasteiger partial charge in [-0.2, -0.15) is 0 Å². The first-order chi connectivity index (χ1) is 8.65. The van der Waals surface area contributed by atoms with Gasteiger partial charge in [0.1, 0.15) is 5.75 Å². The van der Waals surface area contributed by atoms with Gasteiger partial charge >= 0.3 is 0 Å². The van der Waals surface area contributed by atoms with Gasteiger partial charge in [-0.25, -0.2) is 0 Å². The van der Waals surface area contributed by atoms with E-state index in [2.05, 4.69) is 4.98 Å². The molecular weight excluding hydrogens is 228 g/mol. The molecule has 0 saturated carbocycles. The van der Waals surface area contributed by atoms with Crippen molar-refractivity contribution in [3.63, 3.8) is 0 Å². The molecular formula is C14H12N2O2. The summed E-state index contributed by atoms with van der Waals surface area (Å²) >= 11 is 0. The van der Waals surface area contributed by atoms with E-state index in [0.717, 1.165) is 22.4 Å². The fourth-order valence-corrected chi connectivity index (χ4v) is 2.24. The van der Waals surface area contributed by atoms with Gasteiger partial charge in [0.25, 0.3) is 0 Å². The largest absolute Gasteiger partial charge is 0.506 e. The Kier molecular flexibility index (Phi) is 2.30. The lowest BCUT2D eigenvalue weighted by Crippen LogP contribution is -2.20. The van der Waals surface area contributed by atoms with Gasteiger partial charge in [-0.3, -0.25) is 9.78 Å². The summed E-state index contributed by atoms with van der Waals surface area (Å²) in [4.78, 5) is 17.2. The second-order valence-corrected chi connectivity index (χ2v) is 4.40. The first-order valence-corrected chi connectivity index (χ1v) is 5.69. The standard InChI is InChI=1S/C14H12N2O2/c1-16-13-3-2-9(4-10(13)6-14(16)18)11-5-12(17)8-15-7-11/h2-5,7-8,17H,6H2,1H3. The third-order valence-electron chi connectivity index (χ3n) is 3.21. The van der Waals surface area contributed by atoms with E-state index >= 15 is 0 Å². The summed E-state index contributed by atoms with van der Waals surface area (Å²) in [5.41, 5.74) is 3.78. The van der Waals surface area contributed by atoms with E-state index in [-0.39, 0.29) is 11.7 Å². The Bertz CT molecular complexity index is 637.